The molecule has 1 aromatic carbocycles. The topological polar surface area (TPSA) is 24.9 Å². The number of hydrogen-bond donors (Lipinski definition) is 1. The number of alkyl halides is 3. The van der Waals surface area contributed by atoms with E-state index in [2.05, 4.69) is 10.3 Å². The Morgan fingerprint density at radius 1 is 1.05 bits per heavy atom. The summed E-state index contributed by atoms with van der Waals surface area (Å²) < 4.78 is 52.1. The van der Waals surface area contributed by atoms with Gasteiger partial charge in [-0.2, -0.15) is 13.2 Å². The van der Waals surface area contributed by atoms with Crippen molar-refractivity contribution in [2.24, 2.45) is 0 Å². The summed E-state index contributed by atoms with van der Waals surface area (Å²) in [4.78, 5) is 3.20. The van der Waals surface area contributed by atoms with Gasteiger partial charge in [-0.15, -0.1) is 0 Å². The lowest BCUT2D eigenvalue weighted by Crippen LogP contribution is -2.10. The van der Waals surface area contributed by atoms with Crippen LogP contribution in [-0.2, 0) is 19.3 Å². The summed E-state index contributed by atoms with van der Waals surface area (Å²) in [5, 5.41) is 3.11. The van der Waals surface area contributed by atoms with Gasteiger partial charge in [0.05, 0.1) is 6.20 Å². The van der Waals surface area contributed by atoms with Crippen LogP contribution in [0.2, 0.25) is 0 Å². The van der Waals surface area contributed by atoms with Gasteiger partial charge in [-0.05, 0) is 28.8 Å². The first-order valence-corrected chi connectivity index (χ1v) is 6.01. The molecule has 3 rings (SSSR count). The maximum Gasteiger partial charge on any atom is 0.433 e. The number of fused-ring (bicyclic) bond motifs is 1. The van der Waals surface area contributed by atoms with Gasteiger partial charge in [0.25, 0.3) is 0 Å². The van der Waals surface area contributed by atoms with Crippen LogP contribution in [0, 0.1) is 5.82 Å². The standard InChI is InChI=1S/C14H10F4N2/c15-11-4-12(13(20-7-11)14(16,17)18)8-1-2-9-5-19-6-10(9)3-8/h1-4,7,19H,5-6H2. The first-order chi connectivity index (χ1) is 9.45. The van der Waals surface area contributed by atoms with Crippen LogP contribution in [0.5, 0.6) is 0 Å². The number of nitrogens with zero attached hydrogens (tertiary/aromatic N) is 1. The van der Waals surface area contributed by atoms with E-state index in [4.69, 9.17) is 0 Å². The van der Waals surface area contributed by atoms with Gasteiger partial charge < -0.3 is 5.32 Å². The van der Waals surface area contributed by atoms with Crippen LogP contribution in [0.1, 0.15) is 16.8 Å². The number of rotatable bonds is 1. The summed E-state index contributed by atoms with van der Waals surface area (Å²) in [5.41, 5.74) is 1.01. The molecule has 0 aliphatic carbocycles. The fraction of sp³-hybridized carbons (Fsp3) is 0.214. The summed E-state index contributed by atoms with van der Waals surface area (Å²) in [7, 11) is 0. The highest BCUT2D eigenvalue weighted by atomic mass is 19.4. The second-order valence-corrected chi connectivity index (χ2v) is 4.63. The van der Waals surface area contributed by atoms with Gasteiger partial charge in [-0.3, -0.25) is 0 Å². The Kier molecular flexibility index (Phi) is 2.97. The number of benzene rings is 1. The quantitative estimate of drug-likeness (QED) is 0.810. The van der Waals surface area contributed by atoms with Gasteiger partial charge in [0.15, 0.2) is 5.69 Å². The Hall–Kier alpha value is -1.95. The summed E-state index contributed by atoms with van der Waals surface area (Å²) in [6.45, 7) is 1.30. The largest absolute Gasteiger partial charge is 0.433 e. The van der Waals surface area contributed by atoms with Crippen LogP contribution in [0.15, 0.2) is 30.5 Å². The van der Waals surface area contributed by atoms with Gasteiger partial charge in [0, 0.05) is 18.7 Å². The van der Waals surface area contributed by atoms with Crippen LogP contribution < -0.4 is 5.32 Å². The Morgan fingerprint density at radius 2 is 1.80 bits per heavy atom. The minimum absolute atomic E-state index is 0.229. The molecule has 2 heterocycles. The fourth-order valence-electron chi connectivity index (χ4n) is 2.35. The van der Waals surface area contributed by atoms with E-state index in [-0.39, 0.29) is 5.56 Å². The minimum Gasteiger partial charge on any atom is -0.309 e. The van der Waals surface area contributed by atoms with Crippen molar-refractivity contribution in [3.8, 4) is 11.1 Å². The predicted octanol–water partition coefficient (Wildman–Crippen LogP) is 3.51. The highest BCUT2D eigenvalue weighted by Gasteiger charge is 2.36. The van der Waals surface area contributed by atoms with E-state index < -0.39 is 17.7 Å². The van der Waals surface area contributed by atoms with Gasteiger partial charge in [-0.25, -0.2) is 9.37 Å². The van der Waals surface area contributed by atoms with E-state index in [0.29, 0.717) is 24.8 Å². The van der Waals surface area contributed by atoms with Crippen LogP contribution in [0.4, 0.5) is 17.6 Å². The van der Waals surface area contributed by atoms with E-state index in [1.54, 1.807) is 18.2 Å². The fourth-order valence-corrected chi connectivity index (χ4v) is 2.35. The number of aromatic nitrogens is 1. The average molecular weight is 282 g/mol. The maximum atomic E-state index is 13.3. The molecule has 0 unspecified atom stereocenters. The van der Waals surface area contributed by atoms with E-state index in [9.17, 15) is 17.6 Å². The van der Waals surface area contributed by atoms with E-state index in [1.807, 2.05) is 0 Å². The number of halogens is 4. The zero-order valence-corrected chi connectivity index (χ0v) is 10.3. The second kappa shape index (κ2) is 4.56. The molecule has 0 saturated carbocycles. The zero-order valence-electron chi connectivity index (χ0n) is 10.3. The zero-order chi connectivity index (χ0) is 14.3. The predicted molar refractivity (Wildman–Crippen MR) is 65.2 cm³/mol. The normalized spacial score (nSPS) is 14.4. The van der Waals surface area contributed by atoms with Crippen molar-refractivity contribution >= 4 is 0 Å². The molecule has 0 atom stereocenters. The van der Waals surface area contributed by atoms with Crippen molar-refractivity contribution in [2.45, 2.75) is 19.3 Å². The van der Waals surface area contributed by atoms with Crippen molar-refractivity contribution in [3.05, 3.63) is 53.1 Å². The molecular formula is C14H10F4N2. The molecule has 1 aliphatic rings. The lowest BCUT2D eigenvalue weighted by Gasteiger charge is -2.12. The van der Waals surface area contributed by atoms with Crippen molar-refractivity contribution in [3.63, 3.8) is 0 Å². The average Bonchev–Trinajstić information content (AvgIpc) is 2.84. The second-order valence-electron chi connectivity index (χ2n) is 4.63. The molecule has 2 aromatic rings. The SMILES string of the molecule is Fc1cnc(C(F)(F)F)c(-c2ccc3c(c2)CNC3)c1. The van der Waals surface area contributed by atoms with Gasteiger partial charge in [0.1, 0.15) is 5.82 Å². The molecule has 1 N–H and O–H groups in total. The van der Waals surface area contributed by atoms with Gasteiger partial charge >= 0.3 is 6.18 Å². The smallest absolute Gasteiger partial charge is 0.309 e. The van der Waals surface area contributed by atoms with Crippen LogP contribution >= 0.6 is 0 Å². The highest BCUT2D eigenvalue weighted by Crippen LogP contribution is 2.36. The molecule has 0 bridgehead atoms. The summed E-state index contributed by atoms with van der Waals surface area (Å²) in [5.74, 6) is -0.786. The molecule has 0 saturated heterocycles. The first-order valence-electron chi connectivity index (χ1n) is 6.01. The van der Waals surface area contributed by atoms with Gasteiger partial charge in [-0.1, -0.05) is 12.1 Å². The lowest BCUT2D eigenvalue weighted by atomic mass is 9.99. The molecule has 0 fully saturated rings. The highest BCUT2D eigenvalue weighted by molar-refractivity contribution is 5.68. The molecule has 1 aliphatic heterocycles. The van der Waals surface area contributed by atoms with Crippen LogP contribution in [0.3, 0.4) is 0 Å². The minimum atomic E-state index is -4.61. The maximum absolute atomic E-state index is 13.3. The molecule has 1 aromatic heterocycles. The third kappa shape index (κ3) is 2.27. The number of hydrogen-bond acceptors (Lipinski definition) is 2. The van der Waals surface area contributed by atoms with Crippen molar-refractivity contribution in [1.82, 2.24) is 10.3 Å². The van der Waals surface area contributed by atoms with E-state index in [1.165, 1.54) is 0 Å². The van der Waals surface area contributed by atoms with E-state index in [0.717, 1.165) is 17.2 Å². The number of pyridine rings is 1. The summed E-state index contributed by atoms with van der Waals surface area (Å²) >= 11 is 0. The van der Waals surface area contributed by atoms with Crippen LogP contribution in [0.25, 0.3) is 11.1 Å². The molecule has 0 amide bonds. The van der Waals surface area contributed by atoms with Crippen LogP contribution in [-0.4, -0.2) is 4.98 Å². The summed E-state index contributed by atoms with van der Waals surface area (Å²) in [6.07, 6.45) is -4.03. The Morgan fingerprint density at radius 3 is 2.55 bits per heavy atom. The third-order valence-corrected chi connectivity index (χ3v) is 3.27. The molecule has 20 heavy (non-hydrogen) atoms. The van der Waals surface area contributed by atoms with Gasteiger partial charge in [0.2, 0.25) is 0 Å². The molecule has 6 heteroatoms. The molecule has 2 nitrogen and oxygen atoms in total. The van der Waals surface area contributed by atoms with E-state index >= 15 is 0 Å². The van der Waals surface area contributed by atoms with Crippen molar-refractivity contribution in [2.75, 3.05) is 0 Å². The Bertz CT molecular complexity index is 665. The summed E-state index contributed by atoms with van der Waals surface area (Å²) in [6, 6.07) is 5.86. The lowest BCUT2D eigenvalue weighted by molar-refractivity contribution is -0.140. The molecular weight excluding hydrogens is 272 g/mol. The Labute approximate surface area is 112 Å². The number of nitrogens with one attached hydrogen (secondary N) is 1. The van der Waals surface area contributed by atoms with Crippen molar-refractivity contribution < 1.29 is 17.6 Å². The Balaban J connectivity index is 2.16. The first kappa shape index (κ1) is 13.1. The monoisotopic (exact) mass is 282 g/mol. The van der Waals surface area contributed by atoms with Crippen molar-refractivity contribution in [1.29, 1.82) is 0 Å². The molecule has 104 valence electrons. The third-order valence-electron chi connectivity index (χ3n) is 3.27. The molecule has 0 radical (unpaired) electrons. The molecule has 0 spiro atoms.